The maximum Gasteiger partial charge on any atom is 0 e. The van der Waals surface area contributed by atoms with Crippen LogP contribution in [-0.4, -0.2) is 0 Å². The molecule has 0 saturated heterocycles. The molecule has 0 N–H and O–H groups in total. The first-order valence-corrected chi connectivity index (χ1v) is 3.60. The average molecular weight is 246 g/mol. The molecular formula is C11H10FeO3. The standard InChI is InChI=1S/C8H10.3CO.Fe/c1-2-4-6-8-7-5-3-1;3*1-2;/h1-6H,7-8H2;;;;/b2-1-,5-3-,6-4-;;;;. The smallest absolute Gasteiger partial charge is 0 e. The van der Waals surface area contributed by atoms with Crippen LogP contribution < -0.4 is 0 Å². The minimum Gasteiger partial charge on any atom is 0 e. The summed E-state index contributed by atoms with van der Waals surface area (Å²) in [6.45, 7) is 13.5. The molecule has 0 aliphatic heterocycles. The van der Waals surface area contributed by atoms with E-state index in [0.717, 1.165) is 0 Å². The van der Waals surface area contributed by atoms with Crippen LogP contribution in [0, 0.1) is 20.0 Å². The van der Waals surface area contributed by atoms with E-state index >= 15 is 0 Å². The summed E-state index contributed by atoms with van der Waals surface area (Å²) in [6.07, 6.45) is 15.0. The van der Waals surface area contributed by atoms with Gasteiger partial charge in [-0.2, -0.15) is 0 Å². The van der Waals surface area contributed by atoms with Gasteiger partial charge < -0.3 is 0 Å². The summed E-state index contributed by atoms with van der Waals surface area (Å²) in [7, 11) is 0. The van der Waals surface area contributed by atoms with Crippen LogP contribution in [0.15, 0.2) is 36.5 Å². The van der Waals surface area contributed by atoms with E-state index in [1.54, 1.807) is 0 Å². The molecule has 0 unspecified atom stereocenters. The van der Waals surface area contributed by atoms with Crippen molar-refractivity contribution in [2.24, 2.45) is 0 Å². The molecule has 0 aromatic carbocycles. The van der Waals surface area contributed by atoms with E-state index in [9.17, 15) is 0 Å². The molecule has 0 saturated carbocycles. The average Bonchev–Trinajstić information content (AvgIpc) is 2.26. The Hall–Kier alpha value is -1.04. The third-order valence-corrected chi connectivity index (χ3v) is 1.11. The molecule has 0 atom stereocenters. The Bertz CT molecular complexity index is 204. The minimum absolute atomic E-state index is 0. The normalized spacial score (nSPS) is 16.4. The maximum atomic E-state index is 7.50. The first-order chi connectivity index (χ1) is 7.00. The first kappa shape index (κ1) is 23.6. The number of allylic oxidation sites excluding steroid dienone is 6. The largest absolute Gasteiger partial charge is 0 e. The van der Waals surface area contributed by atoms with E-state index < -0.39 is 0 Å². The van der Waals surface area contributed by atoms with Gasteiger partial charge in [-0.1, -0.05) is 36.5 Å². The molecule has 0 radical (unpaired) electrons. The van der Waals surface area contributed by atoms with Gasteiger partial charge in [-0.3, -0.25) is 0 Å². The van der Waals surface area contributed by atoms with Crippen LogP contribution in [0.1, 0.15) is 12.8 Å². The predicted octanol–water partition coefficient (Wildman–Crippen LogP) is 2.33. The molecule has 0 aromatic heterocycles. The fourth-order valence-corrected chi connectivity index (χ4v) is 0.670. The van der Waals surface area contributed by atoms with Crippen molar-refractivity contribution >= 4 is 0 Å². The summed E-state index contributed by atoms with van der Waals surface area (Å²) in [5, 5.41) is 0. The van der Waals surface area contributed by atoms with Gasteiger partial charge in [0, 0.05) is 17.1 Å². The fourth-order valence-electron chi connectivity index (χ4n) is 0.670. The molecule has 0 heterocycles. The SMILES string of the molecule is C1=C\C=C/CC\C=C/1.[C-]#[O+].[C-]#[O+].[C-]#[O+].[Fe]. The Kier molecular flexibility index (Phi) is 60.3. The van der Waals surface area contributed by atoms with Crippen LogP contribution in [0.3, 0.4) is 0 Å². The molecule has 0 spiro atoms. The Morgan fingerprint density at radius 1 is 0.600 bits per heavy atom. The van der Waals surface area contributed by atoms with Gasteiger partial charge in [0.15, 0.2) is 0 Å². The van der Waals surface area contributed by atoms with Crippen molar-refractivity contribution in [3.05, 3.63) is 56.4 Å². The zero-order valence-electron chi connectivity index (χ0n) is 7.96. The van der Waals surface area contributed by atoms with E-state index in [-0.39, 0.29) is 17.1 Å². The molecule has 3 nitrogen and oxygen atoms in total. The van der Waals surface area contributed by atoms with Gasteiger partial charge in [-0.05, 0) is 12.8 Å². The summed E-state index contributed by atoms with van der Waals surface area (Å²) >= 11 is 0. The Morgan fingerprint density at radius 3 is 1.13 bits per heavy atom. The Morgan fingerprint density at radius 2 is 0.867 bits per heavy atom. The number of hydrogen-bond acceptors (Lipinski definition) is 0. The van der Waals surface area contributed by atoms with Gasteiger partial charge in [0.1, 0.15) is 0 Å². The topological polar surface area (TPSA) is 59.7 Å². The molecule has 0 bridgehead atoms. The molecule has 15 heavy (non-hydrogen) atoms. The van der Waals surface area contributed by atoms with Gasteiger partial charge >= 0.3 is 33.9 Å². The van der Waals surface area contributed by atoms with Gasteiger partial charge in [-0.25, -0.2) is 0 Å². The van der Waals surface area contributed by atoms with Gasteiger partial charge in [0.05, 0.1) is 0 Å². The van der Waals surface area contributed by atoms with Crippen LogP contribution >= 0.6 is 0 Å². The van der Waals surface area contributed by atoms with E-state index in [4.69, 9.17) is 14.0 Å². The van der Waals surface area contributed by atoms with Crippen LogP contribution in [-0.2, 0) is 31.0 Å². The molecule has 4 heteroatoms. The van der Waals surface area contributed by atoms with Crippen LogP contribution in [0.2, 0.25) is 0 Å². The van der Waals surface area contributed by atoms with Crippen LogP contribution in [0.4, 0.5) is 0 Å². The summed E-state index contributed by atoms with van der Waals surface area (Å²) < 4.78 is 22.5. The molecule has 0 fully saturated rings. The molecule has 0 aromatic rings. The second-order valence-corrected chi connectivity index (χ2v) is 1.82. The minimum atomic E-state index is 0. The zero-order chi connectivity index (χ0) is 11.7. The third kappa shape index (κ3) is 32.1. The van der Waals surface area contributed by atoms with Crippen LogP contribution in [0.5, 0.6) is 0 Å². The van der Waals surface area contributed by atoms with Crippen molar-refractivity contribution in [1.29, 1.82) is 0 Å². The number of hydrogen-bond donors (Lipinski definition) is 0. The first-order valence-electron chi connectivity index (χ1n) is 3.60. The predicted molar refractivity (Wildman–Crippen MR) is 48.4 cm³/mol. The van der Waals surface area contributed by atoms with E-state index in [1.165, 1.54) is 12.8 Å². The summed E-state index contributed by atoms with van der Waals surface area (Å²) in [5.74, 6) is 0. The van der Waals surface area contributed by atoms with Crippen molar-refractivity contribution in [3.8, 4) is 0 Å². The fraction of sp³-hybridized carbons (Fsp3) is 0.182. The summed E-state index contributed by atoms with van der Waals surface area (Å²) in [4.78, 5) is 0. The maximum absolute atomic E-state index is 7.50. The Labute approximate surface area is 101 Å². The molecule has 80 valence electrons. The van der Waals surface area contributed by atoms with Crippen molar-refractivity contribution in [2.45, 2.75) is 12.8 Å². The quantitative estimate of drug-likeness (QED) is 0.358. The Balaban J connectivity index is -0.0000000755. The van der Waals surface area contributed by atoms with Crippen molar-refractivity contribution < 1.29 is 31.0 Å². The van der Waals surface area contributed by atoms with E-state index in [1.807, 2.05) is 0 Å². The van der Waals surface area contributed by atoms with Crippen molar-refractivity contribution in [3.63, 3.8) is 0 Å². The summed E-state index contributed by atoms with van der Waals surface area (Å²) in [5.41, 5.74) is 0. The molecular weight excluding hydrogens is 236 g/mol. The number of rotatable bonds is 0. The zero-order valence-corrected chi connectivity index (χ0v) is 9.06. The van der Waals surface area contributed by atoms with E-state index in [2.05, 4.69) is 56.4 Å². The van der Waals surface area contributed by atoms with Crippen LogP contribution in [0.25, 0.3) is 0 Å². The third-order valence-electron chi connectivity index (χ3n) is 1.11. The molecule has 1 aliphatic rings. The van der Waals surface area contributed by atoms with Gasteiger partial charge in [-0.15, -0.1) is 0 Å². The molecule has 0 amide bonds. The van der Waals surface area contributed by atoms with Crippen molar-refractivity contribution in [2.75, 3.05) is 0 Å². The van der Waals surface area contributed by atoms with E-state index in [0.29, 0.717) is 0 Å². The van der Waals surface area contributed by atoms with Gasteiger partial charge in [0.2, 0.25) is 0 Å². The molecule has 1 aliphatic carbocycles. The second-order valence-electron chi connectivity index (χ2n) is 1.82. The monoisotopic (exact) mass is 246 g/mol. The summed E-state index contributed by atoms with van der Waals surface area (Å²) in [6, 6.07) is 0. The molecule has 1 rings (SSSR count). The van der Waals surface area contributed by atoms with Crippen molar-refractivity contribution in [1.82, 2.24) is 0 Å². The second kappa shape index (κ2) is 38.3. The van der Waals surface area contributed by atoms with Gasteiger partial charge in [0.25, 0.3) is 0 Å².